The van der Waals surface area contributed by atoms with Gasteiger partial charge in [0.25, 0.3) is 5.91 Å². The Balaban J connectivity index is 1.56. The van der Waals surface area contributed by atoms with Gasteiger partial charge >= 0.3 is 0 Å². The van der Waals surface area contributed by atoms with Crippen LogP contribution in [0, 0.1) is 0 Å². The van der Waals surface area contributed by atoms with Crippen LogP contribution in [-0.2, 0) is 4.74 Å². The number of rotatable bonds is 3. The molecule has 25 heavy (non-hydrogen) atoms. The lowest BCUT2D eigenvalue weighted by Crippen LogP contribution is -2.36. The van der Waals surface area contributed by atoms with Crippen molar-refractivity contribution in [3.8, 4) is 5.75 Å². The minimum Gasteiger partial charge on any atom is -0.507 e. The molecule has 1 saturated heterocycles. The van der Waals surface area contributed by atoms with Gasteiger partial charge in [-0.15, -0.1) is 0 Å². The van der Waals surface area contributed by atoms with Gasteiger partial charge in [0.2, 0.25) is 0 Å². The Hall–Kier alpha value is -2.64. The fraction of sp³-hybridized carbons (Fsp3) is 0.222. The average molecular weight is 355 g/mol. The van der Waals surface area contributed by atoms with Gasteiger partial charge in [-0.25, -0.2) is 4.98 Å². The van der Waals surface area contributed by atoms with Crippen LogP contribution in [0.5, 0.6) is 5.75 Å². The maximum atomic E-state index is 12.3. The minimum atomic E-state index is -0.338. The predicted molar refractivity (Wildman–Crippen MR) is 98.7 cm³/mol. The van der Waals surface area contributed by atoms with E-state index in [1.54, 1.807) is 29.5 Å². The molecule has 1 aliphatic heterocycles. The number of carbonyl (C=O) groups excluding carboxylic acids is 1. The number of hydrogen-bond acceptors (Lipinski definition) is 6. The van der Waals surface area contributed by atoms with E-state index in [1.165, 1.54) is 6.07 Å². The average Bonchev–Trinajstić information content (AvgIpc) is 3.06. The maximum Gasteiger partial charge on any atom is 0.259 e. The van der Waals surface area contributed by atoms with Crippen LogP contribution in [0.1, 0.15) is 10.4 Å². The lowest BCUT2D eigenvalue weighted by atomic mass is 10.2. The zero-order valence-corrected chi connectivity index (χ0v) is 14.3. The topological polar surface area (TPSA) is 74.7 Å². The number of anilines is 2. The second kappa shape index (κ2) is 6.70. The summed E-state index contributed by atoms with van der Waals surface area (Å²) < 4.78 is 6.39. The van der Waals surface area contributed by atoms with E-state index >= 15 is 0 Å². The van der Waals surface area contributed by atoms with Crippen molar-refractivity contribution in [2.45, 2.75) is 0 Å². The Bertz CT molecular complexity index is 919. The molecule has 1 amide bonds. The predicted octanol–water partition coefficient (Wildman–Crippen LogP) is 3.09. The molecule has 1 fully saturated rings. The number of carbonyl (C=O) groups is 1. The van der Waals surface area contributed by atoms with Crippen LogP contribution in [0.2, 0.25) is 0 Å². The Morgan fingerprint density at radius 1 is 1.20 bits per heavy atom. The number of morpholine rings is 1. The largest absolute Gasteiger partial charge is 0.507 e. The molecule has 0 atom stereocenters. The fourth-order valence-corrected chi connectivity index (χ4v) is 3.80. The van der Waals surface area contributed by atoms with Crippen LogP contribution < -0.4 is 10.2 Å². The summed E-state index contributed by atoms with van der Waals surface area (Å²) in [7, 11) is 0. The molecule has 0 aliphatic carbocycles. The highest BCUT2D eigenvalue weighted by Gasteiger charge is 2.16. The normalized spacial score (nSPS) is 14.6. The molecule has 7 heteroatoms. The quantitative estimate of drug-likeness (QED) is 0.755. The van der Waals surface area contributed by atoms with Gasteiger partial charge in [0.1, 0.15) is 5.75 Å². The highest BCUT2D eigenvalue weighted by Crippen LogP contribution is 2.31. The number of thiazole rings is 1. The smallest absolute Gasteiger partial charge is 0.259 e. The van der Waals surface area contributed by atoms with Gasteiger partial charge in [0, 0.05) is 18.8 Å². The van der Waals surface area contributed by atoms with Crippen molar-refractivity contribution < 1.29 is 14.6 Å². The Labute approximate surface area is 148 Å². The first kappa shape index (κ1) is 15.9. The highest BCUT2D eigenvalue weighted by atomic mass is 32.1. The molecule has 4 rings (SSSR count). The second-order valence-corrected chi connectivity index (χ2v) is 6.76. The third-order valence-electron chi connectivity index (χ3n) is 4.07. The Kier molecular flexibility index (Phi) is 4.25. The number of para-hydroxylation sites is 1. The lowest BCUT2D eigenvalue weighted by molar-refractivity contribution is 0.102. The van der Waals surface area contributed by atoms with E-state index in [4.69, 9.17) is 4.74 Å². The van der Waals surface area contributed by atoms with Crippen molar-refractivity contribution >= 4 is 38.3 Å². The van der Waals surface area contributed by atoms with Crippen LogP contribution in [0.3, 0.4) is 0 Å². The van der Waals surface area contributed by atoms with E-state index in [0.717, 1.165) is 41.7 Å². The molecular formula is C18H17N3O3S. The number of amides is 1. The van der Waals surface area contributed by atoms with Crippen molar-refractivity contribution in [2.24, 2.45) is 0 Å². The number of aromatic hydroxyl groups is 1. The van der Waals surface area contributed by atoms with Gasteiger partial charge in [-0.3, -0.25) is 4.79 Å². The summed E-state index contributed by atoms with van der Waals surface area (Å²) >= 11 is 1.60. The third kappa shape index (κ3) is 3.29. The molecule has 1 aromatic heterocycles. The summed E-state index contributed by atoms with van der Waals surface area (Å²) in [5.74, 6) is -0.371. The second-order valence-electron chi connectivity index (χ2n) is 5.75. The molecule has 0 bridgehead atoms. The minimum absolute atomic E-state index is 0.0338. The fourth-order valence-electron chi connectivity index (χ4n) is 2.74. The van der Waals surface area contributed by atoms with Gasteiger partial charge in [0.05, 0.1) is 29.0 Å². The van der Waals surface area contributed by atoms with Gasteiger partial charge in [-0.2, -0.15) is 0 Å². The van der Waals surface area contributed by atoms with Crippen LogP contribution in [0.15, 0.2) is 42.5 Å². The molecule has 1 aliphatic rings. The molecular weight excluding hydrogens is 338 g/mol. The zero-order valence-electron chi connectivity index (χ0n) is 13.4. The Morgan fingerprint density at radius 3 is 2.80 bits per heavy atom. The number of phenolic OH excluding ortho intramolecular Hbond substituents is 1. The number of phenols is 1. The number of aromatic nitrogens is 1. The molecule has 2 heterocycles. The summed E-state index contributed by atoms with van der Waals surface area (Å²) in [5.41, 5.74) is 1.84. The molecule has 0 radical (unpaired) electrons. The third-order valence-corrected chi connectivity index (χ3v) is 5.14. The molecule has 2 N–H and O–H groups in total. The van der Waals surface area contributed by atoms with Crippen LogP contribution >= 0.6 is 11.3 Å². The number of fused-ring (bicyclic) bond motifs is 1. The highest BCUT2D eigenvalue weighted by molar-refractivity contribution is 7.22. The molecule has 128 valence electrons. The molecule has 3 aromatic rings. The molecule has 2 aromatic carbocycles. The van der Waals surface area contributed by atoms with Crippen molar-refractivity contribution in [2.75, 3.05) is 36.5 Å². The first-order chi connectivity index (χ1) is 12.2. The van der Waals surface area contributed by atoms with E-state index in [9.17, 15) is 9.90 Å². The SMILES string of the molecule is O=C(Nc1ccc2nc(N3CCOCC3)sc2c1)c1ccccc1O. The first-order valence-corrected chi connectivity index (χ1v) is 8.85. The summed E-state index contributed by atoms with van der Waals surface area (Å²) in [6.07, 6.45) is 0. The summed E-state index contributed by atoms with van der Waals surface area (Å²) in [5, 5.41) is 13.6. The van der Waals surface area contributed by atoms with Gasteiger partial charge < -0.3 is 20.1 Å². The first-order valence-electron chi connectivity index (χ1n) is 8.03. The van der Waals surface area contributed by atoms with Crippen molar-refractivity contribution in [3.63, 3.8) is 0 Å². The molecule has 0 spiro atoms. The maximum absolute atomic E-state index is 12.3. The summed E-state index contributed by atoms with van der Waals surface area (Å²) in [6, 6.07) is 12.1. The van der Waals surface area contributed by atoms with E-state index in [1.807, 2.05) is 18.2 Å². The lowest BCUT2D eigenvalue weighted by Gasteiger charge is -2.25. The van der Waals surface area contributed by atoms with Crippen LogP contribution in [0.25, 0.3) is 10.2 Å². The zero-order chi connectivity index (χ0) is 17.2. The van der Waals surface area contributed by atoms with Crippen LogP contribution in [-0.4, -0.2) is 42.3 Å². The van der Waals surface area contributed by atoms with Gasteiger partial charge in [-0.05, 0) is 30.3 Å². The number of hydrogen-bond donors (Lipinski definition) is 2. The summed E-state index contributed by atoms with van der Waals surface area (Å²) in [6.45, 7) is 3.13. The van der Waals surface area contributed by atoms with Crippen LogP contribution in [0.4, 0.5) is 10.8 Å². The van der Waals surface area contributed by atoms with Crippen molar-refractivity contribution in [3.05, 3.63) is 48.0 Å². The van der Waals surface area contributed by atoms with E-state index in [2.05, 4.69) is 15.2 Å². The van der Waals surface area contributed by atoms with E-state index in [0.29, 0.717) is 5.69 Å². The number of nitrogens with one attached hydrogen (secondary N) is 1. The van der Waals surface area contributed by atoms with Crippen molar-refractivity contribution in [1.29, 1.82) is 0 Å². The summed E-state index contributed by atoms with van der Waals surface area (Å²) in [4.78, 5) is 19.2. The molecule has 6 nitrogen and oxygen atoms in total. The molecule has 0 unspecified atom stereocenters. The standard InChI is InChI=1S/C18H17N3O3S/c22-15-4-2-1-3-13(15)17(23)19-12-5-6-14-16(11-12)25-18(20-14)21-7-9-24-10-8-21/h1-6,11,22H,7-10H2,(H,19,23). The van der Waals surface area contributed by atoms with E-state index in [-0.39, 0.29) is 17.2 Å². The Morgan fingerprint density at radius 2 is 2.00 bits per heavy atom. The van der Waals surface area contributed by atoms with Gasteiger partial charge in [0.15, 0.2) is 5.13 Å². The van der Waals surface area contributed by atoms with E-state index < -0.39 is 0 Å². The number of ether oxygens (including phenoxy) is 1. The molecule has 0 saturated carbocycles. The number of benzene rings is 2. The van der Waals surface area contributed by atoms with Crippen molar-refractivity contribution in [1.82, 2.24) is 4.98 Å². The monoisotopic (exact) mass is 355 g/mol. The number of nitrogens with zero attached hydrogens (tertiary/aromatic N) is 2. The van der Waals surface area contributed by atoms with Gasteiger partial charge in [-0.1, -0.05) is 23.5 Å².